The van der Waals surface area contributed by atoms with Crippen LogP contribution in [0.3, 0.4) is 0 Å². The molecule has 2 N–H and O–H groups in total. The normalized spacial score (nSPS) is 11.4. The van der Waals surface area contributed by atoms with Crippen molar-refractivity contribution in [2.45, 2.75) is 18.4 Å². The van der Waals surface area contributed by atoms with Gasteiger partial charge in [0.05, 0.1) is 40.9 Å². The van der Waals surface area contributed by atoms with E-state index in [4.69, 9.17) is 4.74 Å². The van der Waals surface area contributed by atoms with E-state index in [0.29, 0.717) is 28.0 Å². The zero-order valence-corrected chi connectivity index (χ0v) is 19.6. The number of benzene rings is 2. The summed E-state index contributed by atoms with van der Waals surface area (Å²) in [4.78, 5) is 16.9. The van der Waals surface area contributed by atoms with Crippen LogP contribution in [-0.4, -0.2) is 41.4 Å². The standard InChI is InChI=1S/C23H23N5O5S/c1-15-20-21(19(23(29)26-30)13-24-22(20)27(2)25-15)28(14-16-7-5-4-6-8-16)34(31,32)18-11-9-17(33-3)10-12-18/h4-13,30H,14H2,1-3H3,(H,26,29). The topological polar surface area (TPSA) is 127 Å². The predicted molar refractivity (Wildman–Crippen MR) is 125 cm³/mol. The maximum atomic E-state index is 14.0. The third-order valence-corrected chi connectivity index (χ3v) is 7.17. The Hall–Kier alpha value is -3.96. The number of hydroxylamine groups is 1. The summed E-state index contributed by atoms with van der Waals surface area (Å²) in [6.45, 7) is 1.63. The quantitative estimate of drug-likeness (QED) is 0.307. The minimum absolute atomic E-state index is 0.00564. The van der Waals surface area contributed by atoms with Crippen molar-refractivity contribution in [3.05, 3.63) is 77.6 Å². The summed E-state index contributed by atoms with van der Waals surface area (Å²) in [6, 6.07) is 15.0. The Morgan fingerprint density at radius 3 is 2.44 bits per heavy atom. The molecule has 0 aliphatic carbocycles. The van der Waals surface area contributed by atoms with Gasteiger partial charge in [-0.2, -0.15) is 5.10 Å². The third-order valence-electron chi connectivity index (χ3n) is 5.41. The Morgan fingerprint density at radius 2 is 1.82 bits per heavy atom. The number of rotatable bonds is 7. The predicted octanol–water partition coefficient (Wildman–Crippen LogP) is 2.80. The second kappa shape index (κ2) is 9.12. The Morgan fingerprint density at radius 1 is 1.15 bits per heavy atom. The van der Waals surface area contributed by atoms with Crippen LogP contribution in [0.1, 0.15) is 21.6 Å². The number of aromatic nitrogens is 3. The van der Waals surface area contributed by atoms with E-state index in [9.17, 15) is 18.4 Å². The van der Waals surface area contributed by atoms with Gasteiger partial charge in [-0.05, 0) is 36.8 Å². The first-order chi connectivity index (χ1) is 16.3. The van der Waals surface area contributed by atoms with E-state index in [2.05, 4.69) is 10.1 Å². The van der Waals surface area contributed by atoms with Crippen molar-refractivity contribution < 1.29 is 23.2 Å². The largest absolute Gasteiger partial charge is 0.497 e. The summed E-state index contributed by atoms with van der Waals surface area (Å²) < 4.78 is 35.8. The van der Waals surface area contributed by atoms with Crippen LogP contribution in [0, 0.1) is 6.92 Å². The molecule has 1 amide bonds. The lowest BCUT2D eigenvalue weighted by Crippen LogP contribution is -2.33. The van der Waals surface area contributed by atoms with Crippen molar-refractivity contribution in [1.82, 2.24) is 20.2 Å². The lowest BCUT2D eigenvalue weighted by molar-refractivity contribution is 0.0707. The maximum absolute atomic E-state index is 14.0. The van der Waals surface area contributed by atoms with Crippen molar-refractivity contribution in [3.63, 3.8) is 0 Å². The van der Waals surface area contributed by atoms with E-state index in [1.54, 1.807) is 55.8 Å². The second-order valence-corrected chi connectivity index (χ2v) is 9.40. The molecule has 0 unspecified atom stereocenters. The van der Waals surface area contributed by atoms with Gasteiger partial charge < -0.3 is 4.74 Å². The zero-order valence-electron chi connectivity index (χ0n) is 18.8. The molecule has 176 valence electrons. The zero-order chi connectivity index (χ0) is 24.5. The molecule has 0 radical (unpaired) electrons. The number of fused-ring (bicyclic) bond motifs is 1. The first-order valence-corrected chi connectivity index (χ1v) is 11.7. The van der Waals surface area contributed by atoms with Crippen LogP contribution in [0.5, 0.6) is 5.75 Å². The molecule has 0 aliphatic rings. The Kier molecular flexibility index (Phi) is 6.22. The number of hydrogen-bond donors (Lipinski definition) is 2. The molecule has 2 aromatic heterocycles. The van der Waals surface area contributed by atoms with E-state index in [1.807, 2.05) is 6.07 Å². The molecule has 2 heterocycles. The highest BCUT2D eigenvalue weighted by atomic mass is 32.2. The second-order valence-electron chi connectivity index (χ2n) is 7.54. The van der Waals surface area contributed by atoms with Crippen LogP contribution >= 0.6 is 0 Å². The van der Waals surface area contributed by atoms with Gasteiger partial charge in [0, 0.05) is 13.2 Å². The molecule has 0 saturated heterocycles. The number of anilines is 1. The van der Waals surface area contributed by atoms with Crippen LogP contribution in [0.15, 0.2) is 65.7 Å². The average molecular weight is 482 g/mol. The molecule has 4 rings (SSSR count). The first kappa shape index (κ1) is 23.2. The van der Waals surface area contributed by atoms with Crippen molar-refractivity contribution >= 4 is 32.7 Å². The van der Waals surface area contributed by atoms with Crippen molar-refractivity contribution in [2.24, 2.45) is 7.05 Å². The highest BCUT2D eigenvalue weighted by Gasteiger charge is 2.32. The molecule has 0 aliphatic heterocycles. The number of ether oxygens (including phenoxy) is 1. The van der Waals surface area contributed by atoms with Crippen molar-refractivity contribution in [3.8, 4) is 5.75 Å². The number of methoxy groups -OCH3 is 1. The van der Waals surface area contributed by atoms with E-state index in [0.717, 1.165) is 4.31 Å². The van der Waals surface area contributed by atoms with Gasteiger partial charge in [-0.15, -0.1) is 0 Å². The molecule has 0 fully saturated rings. The summed E-state index contributed by atoms with van der Waals surface area (Å²) in [5.74, 6) is -0.390. The Bertz CT molecular complexity index is 1450. The molecular formula is C23H23N5O5S. The number of nitrogens with zero attached hydrogens (tertiary/aromatic N) is 4. The number of carbonyl (C=O) groups excluding carboxylic acids is 1. The summed E-state index contributed by atoms with van der Waals surface area (Å²) in [7, 11) is -1.02. The molecule has 0 atom stereocenters. The fourth-order valence-electron chi connectivity index (χ4n) is 3.79. The van der Waals surface area contributed by atoms with Gasteiger partial charge in [0.1, 0.15) is 5.75 Å². The van der Waals surface area contributed by atoms with Gasteiger partial charge in [0.2, 0.25) is 0 Å². The smallest absolute Gasteiger partial charge is 0.278 e. The van der Waals surface area contributed by atoms with Gasteiger partial charge >= 0.3 is 0 Å². The molecule has 0 saturated carbocycles. The van der Waals surface area contributed by atoms with Crippen molar-refractivity contribution in [2.75, 3.05) is 11.4 Å². The molecule has 11 heteroatoms. The molecule has 0 bridgehead atoms. The van der Waals surface area contributed by atoms with Gasteiger partial charge in [-0.1, -0.05) is 30.3 Å². The summed E-state index contributed by atoms with van der Waals surface area (Å²) >= 11 is 0. The van der Waals surface area contributed by atoms with Gasteiger partial charge in [-0.3, -0.25) is 19.0 Å². The SMILES string of the molecule is COc1ccc(S(=O)(=O)N(Cc2ccccc2)c2c(C(=O)NO)cnc3c2c(C)nn3C)cc1. The summed E-state index contributed by atoms with van der Waals surface area (Å²) in [6.07, 6.45) is 1.23. The highest BCUT2D eigenvalue weighted by Crippen LogP contribution is 2.36. The van der Waals surface area contributed by atoms with Crippen LogP contribution in [0.2, 0.25) is 0 Å². The van der Waals surface area contributed by atoms with Crippen LogP contribution in [0.4, 0.5) is 5.69 Å². The van der Waals surface area contributed by atoms with Crippen LogP contribution in [-0.2, 0) is 23.6 Å². The molecule has 2 aromatic carbocycles. The Labute approximate surface area is 196 Å². The number of sulfonamides is 1. The lowest BCUT2D eigenvalue weighted by Gasteiger charge is -2.27. The fraction of sp³-hybridized carbons (Fsp3) is 0.174. The number of pyridine rings is 1. The minimum atomic E-state index is -4.19. The number of carbonyl (C=O) groups is 1. The summed E-state index contributed by atoms with van der Waals surface area (Å²) in [5, 5.41) is 14.1. The van der Waals surface area contributed by atoms with E-state index in [1.165, 1.54) is 30.1 Å². The Balaban J connectivity index is 2.03. The average Bonchev–Trinajstić information content (AvgIpc) is 3.15. The number of hydrogen-bond acceptors (Lipinski definition) is 7. The van der Waals surface area contributed by atoms with Gasteiger partial charge in [-0.25, -0.2) is 18.9 Å². The van der Waals surface area contributed by atoms with E-state index in [-0.39, 0.29) is 22.7 Å². The van der Waals surface area contributed by atoms with E-state index < -0.39 is 15.9 Å². The molecule has 34 heavy (non-hydrogen) atoms. The van der Waals surface area contributed by atoms with Crippen molar-refractivity contribution in [1.29, 1.82) is 0 Å². The number of nitrogens with one attached hydrogen (secondary N) is 1. The number of aryl methyl sites for hydroxylation is 2. The first-order valence-electron chi connectivity index (χ1n) is 10.3. The fourth-order valence-corrected chi connectivity index (χ4v) is 5.27. The summed E-state index contributed by atoms with van der Waals surface area (Å²) in [5.41, 5.74) is 3.12. The molecule has 4 aromatic rings. The third kappa shape index (κ3) is 4.06. The minimum Gasteiger partial charge on any atom is -0.497 e. The highest BCUT2D eigenvalue weighted by molar-refractivity contribution is 7.92. The molecule has 10 nitrogen and oxygen atoms in total. The maximum Gasteiger partial charge on any atom is 0.278 e. The van der Waals surface area contributed by atoms with Crippen LogP contribution < -0.4 is 14.5 Å². The van der Waals surface area contributed by atoms with Gasteiger partial charge in [0.25, 0.3) is 15.9 Å². The lowest BCUT2D eigenvalue weighted by atomic mass is 10.1. The van der Waals surface area contributed by atoms with Gasteiger partial charge in [0.15, 0.2) is 5.65 Å². The number of amides is 1. The van der Waals surface area contributed by atoms with E-state index >= 15 is 0 Å². The molecule has 0 spiro atoms. The van der Waals surface area contributed by atoms with Crippen LogP contribution in [0.25, 0.3) is 11.0 Å². The molecular weight excluding hydrogens is 458 g/mol. The monoisotopic (exact) mass is 481 g/mol.